The molecule has 18 heavy (non-hydrogen) atoms. The molecule has 0 aliphatic heterocycles. The van der Waals surface area contributed by atoms with Crippen molar-refractivity contribution in [2.24, 2.45) is 5.92 Å². The maximum Gasteiger partial charge on any atom is 0.309 e. The van der Waals surface area contributed by atoms with E-state index in [9.17, 15) is 14.4 Å². The molecule has 96 valence electrons. The molecule has 5 heteroatoms. The summed E-state index contributed by atoms with van der Waals surface area (Å²) in [5.41, 5.74) is 0. The molecule has 1 aliphatic carbocycles. The van der Waals surface area contributed by atoms with Crippen molar-refractivity contribution in [2.75, 3.05) is 0 Å². The lowest BCUT2D eigenvalue weighted by Crippen LogP contribution is -2.14. The van der Waals surface area contributed by atoms with Crippen molar-refractivity contribution >= 4 is 17.5 Å². The van der Waals surface area contributed by atoms with Crippen LogP contribution in [0, 0.1) is 5.92 Å². The van der Waals surface area contributed by atoms with Gasteiger partial charge in [0.25, 0.3) is 0 Å². The van der Waals surface area contributed by atoms with E-state index >= 15 is 0 Å². The third kappa shape index (κ3) is 2.85. The van der Waals surface area contributed by atoms with Crippen molar-refractivity contribution in [1.82, 2.24) is 0 Å². The molecule has 0 N–H and O–H groups in total. The number of hydrogen-bond acceptors (Lipinski definition) is 5. The number of ether oxygens (including phenoxy) is 1. The Labute approximate surface area is 104 Å². The van der Waals surface area contributed by atoms with Gasteiger partial charge in [0.15, 0.2) is 11.5 Å². The molecule has 1 heterocycles. The summed E-state index contributed by atoms with van der Waals surface area (Å²) in [6.45, 7) is 1.40. The second kappa shape index (κ2) is 5.16. The van der Waals surface area contributed by atoms with Gasteiger partial charge in [0, 0.05) is 19.8 Å². The molecule has 1 aromatic rings. The van der Waals surface area contributed by atoms with E-state index in [0.717, 1.165) is 0 Å². The third-order valence-electron chi connectivity index (χ3n) is 2.94. The number of ketones is 2. The van der Waals surface area contributed by atoms with Crippen LogP contribution in [0.3, 0.4) is 0 Å². The zero-order valence-corrected chi connectivity index (χ0v) is 10.1. The van der Waals surface area contributed by atoms with E-state index in [-0.39, 0.29) is 42.2 Å². The molecule has 0 saturated heterocycles. The Bertz CT molecular complexity index is 485. The fourth-order valence-corrected chi connectivity index (χ4v) is 1.92. The fourth-order valence-electron chi connectivity index (χ4n) is 1.92. The molecule has 2 rings (SSSR count). The molecule has 0 radical (unpaired) electrons. The zero-order chi connectivity index (χ0) is 13.1. The SMILES string of the molecule is CC(=O)c1ccc(COC(=O)C2CCC(=O)C2)o1. The Morgan fingerprint density at radius 2 is 2.22 bits per heavy atom. The van der Waals surface area contributed by atoms with E-state index in [2.05, 4.69) is 0 Å². The van der Waals surface area contributed by atoms with E-state index in [4.69, 9.17) is 9.15 Å². The number of esters is 1. The quantitative estimate of drug-likeness (QED) is 0.602. The van der Waals surface area contributed by atoms with E-state index in [1.54, 1.807) is 12.1 Å². The topological polar surface area (TPSA) is 73.6 Å². The Morgan fingerprint density at radius 1 is 1.44 bits per heavy atom. The predicted molar refractivity (Wildman–Crippen MR) is 60.9 cm³/mol. The summed E-state index contributed by atoms with van der Waals surface area (Å²) in [6.07, 6.45) is 1.29. The highest BCUT2D eigenvalue weighted by Crippen LogP contribution is 2.23. The van der Waals surface area contributed by atoms with Crippen LogP contribution in [-0.2, 0) is 20.9 Å². The molecule has 0 spiro atoms. The van der Waals surface area contributed by atoms with E-state index in [1.165, 1.54) is 6.92 Å². The van der Waals surface area contributed by atoms with Crippen molar-refractivity contribution in [3.8, 4) is 0 Å². The van der Waals surface area contributed by atoms with Gasteiger partial charge in [-0.1, -0.05) is 0 Å². The first-order chi connectivity index (χ1) is 8.56. The summed E-state index contributed by atoms with van der Waals surface area (Å²) in [6, 6.07) is 3.15. The molecule has 1 atom stereocenters. The smallest absolute Gasteiger partial charge is 0.309 e. The summed E-state index contributed by atoms with van der Waals surface area (Å²) >= 11 is 0. The lowest BCUT2D eigenvalue weighted by Gasteiger charge is -2.07. The third-order valence-corrected chi connectivity index (χ3v) is 2.94. The van der Waals surface area contributed by atoms with Crippen LogP contribution in [0.5, 0.6) is 0 Å². The van der Waals surface area contributed by atoms with Gasteiger partial charge in [0.2, 0.25) is 0 Å². The summed E-state index contributed by atoms with van der Waals surface area (Å²) < 4.78 is 10.2. The van der Waals surface area contributed by atoms with Gasteiger partial charge >= 0.3 is 5.97 Å². The number of Topliss-reactive ketones (excluding diaryl/α,β-unsaturated/α-hetero) is 2. The standard InChI is InChI=1S/C13H14O5/c1-8(14)12-5-4-11(18-12)7-17-13(16)9-2-3-10(15)6-9/h4-5,9H,2-3,6-7H2,1H3. The molecule has 0 amide bonds. The first kappa shape index (κ1) is 12.5. The first-order valence-electron chi connectivity index (χ1n) is 5.84. The second-order valence-electron chi connectivity index (χ2n) is 4.41. The molecule has 1 saturated carbocycles. The zero-order valence-electron chi connectivity index (χ0n) is 10.1. The van der Waals surface area contributed by atoms with Crippen LogP contribution in [0.1, 0.15) is 42.5 Å². The van der Waals surface area contributed by atoms with Crippen LogP contribution in [0.2, 0.25) is 0 Å². The number of carbonyl (C=O) groups excluding carboxylic acids is 3. The van der Waals surface area contributed by atoms with Crippen LogP contribution in [0.15, 0.2) is 16.5 Å². The highest BCUT2D eigenvalue weighted by molar-refractivity contribution is 5.91. The van der Waals surface area contributed by atoms with E-state index in [1.807, 2.05) is 0 Å². The lowest BCUT2D eigenvalue weighted by molar-refractivity contribution is -0.150. The number of carbonyl (C=O) groups is 3. The highest BCUT2D eigenvalue weighted by atomic mass is 16.5. The first-order valence-corrected chi connectivity index (χ1v) is 5.84. The molecule has 0 bridgehead atoms. The van der Waals surface area contributed by atoms with Gasteiger partial charge in [-0.3, -0.25) is 14.4 Å². The summed E-state index contributed by atoms with van der Waals surface area (Å²) in [5, 5.41) is 0. The van der Waals surface area contributed by atoms with Gasteiger partial charge in [-0.25, -0.2) is 0 Å². The molecule has 1 fully saturated rings. The van der Waals surface area contributed by atoms with Crippen molar-refractivity contribution in [3.63, 3.8) is 0 Å². The molecule has 1 aromatic heterocycles. The summed E-state index contributed by atoms with van der Waals surface area (Å²) in [5.74, 6) is -0.0842. The van der Waals surface area contributed by atoms with Gasteiger partial charge in [0.05, 0.1) is 5.92 Å². The molecular formula is C13H14O5. The Morgan fingerprint density at radius 3 is 2.78 bits per heavy atom. The Hall–Kier alpha value is -1.91. The minimum absolute atomic E-state index is 0.00317. The van der Waals surface area contributed by atoms with Gasteiger partial charge in [-0.05, 0) is 18.6 Å². The maximum atomic E-state index is 11.6. The average Bonchev–Trinajstić information content (AvgIpc) is 2.94. The number of hydrogen-bond donors (Lipinski definition) is 0. The Kier molecular flexibility index (Phi) is 3.60. The van der Waals surface area contributed by atoms with Crippen LogP contribution in [-0.4, -0.2) is 17.5 Å². The number of furan rings is 1. The average molecular weight is 250 g/mol. The van der Waals surface area contributed by atoms with Gasteiger partial charge in [0.1, 0.15) is 18.2 Å². The van der Waals surface area contributed by atoms with Crippen molar-refractivity contribution in [2.45, 2.75) is 32.8 Å². The molecular weight excluding hydrogens is 236 g/mol. The fraction of sp³-hybridized carbons (Fsp3) is 0.462. The molecule has 1 unspecified atom stereocenters. The largest absolute Gasteiger partial charge is 0.457 e. The Balaban J connectivity index is 1.85. The van der Waals surface area contributed by atoms with Crippen molar-refractivity contribution in [1.29, 1.82) is 0 Å². The summed E-state index contributed by atoms with van der Waals surface area (Å²) in [4.78, 5) is 33.7. The van der Waals surface area contributed by atoms with Crippen LogP contribution in [0.4, 0.5) is 0 Å². The maximum absolute atomic E-state index is 11.6. The van der Waals surface area contributed by atoms with E-state index in [0.29, 0.717) is 18.6 Å². The van der Waals surface area contributed by atoms with Crippen LogP contribution < -0.4 is 0 Å². The molecule has 5 nitrogen and oxygen atoms in total. The lowest BCUT2D eigenvalue weighted by atomic mass is 10.1. The second-order valence-corrected chi connectivity index (χ2v) is 4.41. The van der Waals surface area contributed by atoms with Crippen LogP contribution >= 0.6 is 0 Å². The number of rotatable bonds is 4. The minimum Gasteiger partial charge on any atom is -0.457 e. The van der Waals surface area contributed by atoms with Crippen LogP contribution in [0.25, 0.3) is 0 Å². The summed E-state index contributed by atoms with van der Waals surface area (Å²) in [7, 11) is 0. The van der Waals surface area contributed by atoms with Gasteiger partial charge in [-0.15, -0.1) is 0 Å². The minimum atomic E-state index is -0.373. The monoisotopic (exact) mass is 250 g/mol. The molecule has 1 aliphatic rings. The molecule has 0 aromatic carbocycles. The van der Waals surface area contributed by atoms with Crippen molar-refractivity contribution in [3.05, 3.63) is 23.7 Å². The normalized spacial score (nSPS) is 18.9. The predicted octanol–water partition coefficient (Wildman–Crippen LogP) is 1.89. The highest BCUT2D eigenvalue weighted by Gasteiger charge is 2.29. The van der Waals surface area contributed by atoms with Gasteiger partial charge in [-0.2, -0.15) is 0 Å². The van der Waals surface area contributed by atoms with Crippen molar-refractivity contribution < 1.29 is 23.5 Å². The van der Waals surface area contributed by atoms with E-state index < -0.39 is 0 Å². The van der Waals surface area contributed by atoms with Gasteiger partial charge < -0.3 is 9.15 Å².